The molecule has 2 fully saturated rings. The Labute approximate surface area is 266 Å². The minimum atomic E-state index is -0.110. The molecule has 0 aliphatic carbocycles. The van der Waals surface area contributed by atoms with E-state index >= 15 is 0 Å². The zero-order chi connectivity index (χ0) is 34.0. The van der Waals surface area contributed by atoms with Gasteiger partial charge in [-0.25, -0.2) is 0 Å². The third-order valence-electron chi connectivity index (χ3n) is 6.78. The summed E-state index contributed by atoms with van der Waals surface area (Å²) in [6, 6.07) is 5.39. The van der Waals surface area contributed by atoms with Crippen molar-refractivity contribution in [1.29, 1.82) is 0 Å². The van der Waals surface area contributed by atoms with Crippen LogP contribution < -0.4 is 10.6 Å². The Morgan fingerprint density at radius 1 is 1.05 bits per heavy atom. The molecule has 2 heterocycles. The van der Waals surface area contributed by atoms with Crippen molar-refractivity contribution >= 4 is 41.8 Å². The number of aliphatic hydroxyl groups excluding tert-OH is 1. The molecule has 10 heteroatoms. The molecule has 3 amide bonds. The van der Waals surface area contributed by atoms with E-state index in [1.54, 1.807) is 18.0 Å². The second-order valence-electron chi connectivity index (χ2n) is 9.93. The molecular formula is C33H59ClN4O5. The van der Waals surface area contributed by atoms with Gasteiger partial charge in [-0.2, -0.15) is 0 Å². The maximum atomic E-state index is 12.2. The fraction of sp³-hybridized carbons (Fsp3) is 0.636. The molecule has 0 aromatic heterocycles. The Kier molecular flexibility index (Phi) is 29.1. The number of likely N-dealkylation sites (N-methyl/N-ethyl adjacent to an activating group) is 1. The molecular weight excluding hydrogens is 568 g/mol. The lowest BCUT2D eigenvalue weighted by atomic mass is 9.99. The average molecular weight is 627 g/mol. The summed E-state index contributed by atoms with van der Waals surface area (Å²) in [6.07, 6.45) is 6.29. The molecule has 1 aromatic rings. The minimum absolute atomic E-state index is 0.0764. The van der Waals surface area contributed by atoms with Crippen molar-refractivity contribution in [3.05, 3.63) is 40.9 Å². The summed E-state index contributed by atoms with van der Waals surface area (Å²) in [7, 11) is 2.81. The maximum Gasteiger partial charge on any atom is 0.242 e. The molecule has 1 aromatic carbocycles. The number of nitrogens with one attached hydrogen (secondary N) is 2. The van der Waals surface area contributed by atoms with Crippen molar-refractivity contribution in [3.8, 4) is 0 Å². The van der Waals surface area contributed by atoms with E-state index in [0.29, 0.717) is 23.2 Å². The molecule has 3 N–H and O–H groups in total. The van der Waals surface area contributed by atoms with Gasteiger partial charge in [-0.15, -0.1) is 0 Å². The second-order valence-corrected chi connectivity index (χ2v) is 10.3. The van der Waals surface area contributed by atoms with Gasteiger partial charge in [0.2, 0.25) is 17.7 Å². The summed E-state index contributed by atoms with van der Waals surface area (Å²) in [5.74, 6) is 0.791. The Bertz CT molecular complexity index is 915. The van der Waals surface area contributed by atoms with Crippen LogP contribution in [-0.4, -0.2) is 85.8 Å². The van der Waals surface area contributed by atoms with Crippen molar-refractivity contribution in [2.75, 3.05) is 45.7 Å². The SMILES string of the molecule is C=C(CC)CC.C=O.CC.CC(=O)Nc1ccc(C)cc1Cl.CN[C@H]1CCCN(CC(=O)N2CCC(C)CC2)C1=O.CO. The highest BCUT2D eigenvalue weighted by molar-refractivity contribution is 6.33. The monoisotopic (exact) mass is 626 g/mol. The lowest BCUT2D eigenvalue weighted by Gasteiger charge is -2.35. The summed E-state index contributed by atoms with van der Waals surface area (Å²) >= 11 is 5.86. The highest BCUT2D eigenvalue weighted by atomic mass is 35.5. The van der Waals surface area contributed by atoms with Gasteiger partial charge >= 0.3 is 0 Å². The Hall–Kier alpha value is -2.75. The number of hydrogen-bond acceptors (Lipinski definition) is 6. The Morgan fingerprint density at radius 2 is 1.58 bits per heavy atom. The van der Waals surface area contributed by atoms with Gasteiger partial charge in [0, 0.05) is 33.7 Å². The summed E-state index contributed by atoms with van der Waals surface area (Å²) in [6.45, 7) is 22.3. The van der Waals surface area contributed by atoms with Crippen LogP contribution >= 0.6 is 11.6 Å². The molecule has 2 aliphatic rings. The number of halogens is 1. The number of piperidine rings is 2. The van der Waals surface area contributed by atoms with Crippen molar-refractivity contribution in [2.45, 2.75) is 93.0 Å². The number of carbonyl (C=O) groups excluding carboxylic acids is 4. The molecule has 3 rings (SSSR count). The van der Waals surface area contributed by atoms with Gasteiger partial charge in [0.1, 0.15) is 6.79 Å². The Morgan fingerprint density at radius 3 is 2.00 bits per heavy atom. The van der Waals surface area contributed by atoms with Crippen LogP contribution in [0.2, 0.25) is 5.02 Å². The first-order valence-electron chi connectivity index (χ1n) is 15.2. The summed E-state index contributed by atoms with van der Waals surface area (Å²) in [4.78, 5) is 46.7. The topological polar surface area (TPSA) is 119 Å². The second kappa shape index (κ2) is 28.0. The molecule has 248 valence electrons. The van der Waals surface area contributed by atoms with E-state index in [0.717, 1.165) is 64.3 Å². The van der Waals surface area contributed by atoms with Crippen LogP contribution in [0.15, 0.2) is 30.4 Å². The normalized spacial score (nSPS) is 15.6. The summed E-state index contributed by atoms with van der Waals surface area (Å²) < 4.78 is 0. The van der Waals surface area contributed by atoms with E-state index in [2.05, 4.69) is 38.0 Å². The van der Waals surface area contributed by atoms with Crippen LogP contribution in [0.4, 0.5) is 5.69 Å². The standard InChI is InChI=1S/C14H25N3O2.C9H10ClNO.C6H12.C2H6.CH4O.CH2O/c1-11-5-8-16(9-6-11)13(18)10-17-7-3-4-12(15-2)14(17)19;1-6-3-4-9(8(10)5-6)11-7(2)12;1-4-6(3)5-2;3*1-2/h11-12,15H,3-10H2,1-2H3;3-5H,1-2H3,(H,11,12);3-5H2,1-2H3;1-2H3;2H,1H3;1H2/t12-;;;;;/m0...../s1. The summed E-state index contributed by atoms with van der Waals surface area (Å²) in [5, 5.41) is 13.2. The first kappa shape index (κ1) is 44.7. The first-order valence-corrected chi connectivity index (χ1v) is 15.6. The largest absolute Gasteiger partial charge is 0.400 e. The highest BCUT2D eigenvalue weighted by Crippen LogP contribution is 2.22. The van der Waals surface area contributed by atoms with Gasteiger partial charge in [-0.1, -0.05) is 64.4 Å². The van der Waals surface area contributed by atoms with E-state index in [4.69, 9.17) is 21.5 Å². The maximum absolute atomic E-state index is 12.2. The number of nitrogens with zero attached hydrogens (tertiary/aromatic N) is 2. The molecule has 0 saturated carbocycles. The fourth-order valence-electron chi connectivity index (χ4n) is 4.05. The number of carbonyl (C=O) groups is 4. The molecule has 9 nitrogen and oxygen atoms in total. The smallest absolute Gasteiger partial charge is 0.242 e. The predicted octanol–water partition coefficient (Wildman–Crippen LogP) is 5.87. The molecule has 0 unspecified atom stereocenters. The van der Waals surface area contributed by atoms with Crippen LogP contribution in [0.1, 0.15) is 85.6 Å². The average Bonchev–Trinajstić information content (AvgIpc) is 3.03. The summed E-state index contributed by atoms with van der Waals surface area (Å²) in [5.41, 5.74) is 3.08. The first-order chi connectivity index (χ1) is 20.5. The van der Waals surface area contributed by atoms with Crippen LogP contribution in [0.25, 0.3) is 0 Å². The van der Waals surface area contributed by atoms with Gasteiger partial charge in [0.25, 0.3) is 0 Å². The number of allylic oxidation sites excluding steroid dienone is 1. The Balaban J connectivity index is -0.000000571. The zero-order valence-corrected chi connectivity index (χ0v) is 29.0. The quantitative estimate of drug-likeness (QED) is 0.340. The van der Waals surface area contributed by atoms with E-state index in [9.17, 15) is 14.4 Å². The van der Waals surface area contributed by atoms with E-state index in [1.165, 1.54) is 12.5 Å². The van der Waals surface area contributed by atoms with Crippen molar-refractivity contribution in [3.63, 3.8) is 0 Å². The third-order valence-corrected chi connectivity index (χ3v) is 7.09. The number of benzene rings is 1. The van der Waals surface area contributed by atoms with Crippen molar-refractivity contribution in [2.24, 2.45) is 5.92 Å². The van der Waals surface area contributed by atoms with Crippen LogP contribution in [0.3, 0.4) is 0 Å². The molecule has 1 atom stereocenters. The molecule has 0 spiro atoms. The van der Waals surface area contributed by atoms with E-state index in [1.807, 2.05) is 44.6 Å². The van der Waals surface area contributed by atoms with E-state index < -0.39 is 0 Å². The van der Waals surface area contributed by atoms with Crippen LogP contribution in [0.5, 0.6) is 0 Å². The lowest BCUT2D eigenvalue weighted by Crippen LogP contribution is -2.53. The third kappa shape index (κ3) is 19.9. The van der Waals surface area contributed by atoms with Crippen molar-refractivity contribution < 1.29 is 24.3 Å². The van der Waals surface area contributed by atoms with Gasteiger partial charge in [0.05, 0.1) is 23.3 Å². The molecule has 0 radical (unpaired) electrons. The number of hydrogen-bond donors (Lipinski definition) is 3. The fourth-order valence-corrected chi connectivity index (χ4v) is 4.33. The van der Waals surface area contributed by atoms with Gasteiger partial charge in [0.15, 0.2) is 0 Å². The van der Waals surface area contributed by atoms with Crippen LogP contribution in [-0.2, 0) is 19.2 Å². The highest BCUT2D eigenvalue weighted by Gasteiger charge is 2.30. The molecule has 2 saturated heterocycles. The van der Waals surface area contributed by atoms with E-state index in [-0.39, 0.29) is 30.3 Å². The number of amides is 3. The van der Waals surface area contributed by atoms with Gasteiger partial charge in [-0.3, -0.25) is 14.4 Å². The number of aryl methyl sites for hydroxylation is 1. The minimum Gasteiger partial charge on any atom is -0.400 e. The van der Waals surface area contributed by atoms with Crippen LogP contribution in [0, 0.1) is 12.8 Å². The van der Waals surface area contributed by atoms with Gasteiger partial charge in [-0.05, 0) is 76.1 Å². The molecule has 2 aliphatic heterocycles. The number of likely N-dealkylation sites (tertiary alicyclic amines) is 2. The number of rotatable bonds is 6. The van der Waals surface area contributed by atoms with Crippen molar-refractivity contribution in [1.82, 2.24) is 15.1 Å². The lowest BCUT2D eigenvalue weighted by molar-refractivity contribution is -0.144. The number of aliphatic hydroxyl groups is 1. The molecule has 43 heavy (non-hydrogen) atoms. The zero-order valence-electron chi connectivity index (χ0n) is 28.2. The molecule has 0 bridgehead atoms. The number of anilines is 1. The van der Waals surface area contributed by atoms with Gasteiger partial charge < -0.3 is 30.3 Å². The predicted molar refractivity (Wildman–Crippen MR) is 180 cm³/mol.